The minimum atomic E-state index is -0.979. The van der Waals surface area contributed by atoms with Crippen LogP contribution in [0.4, 0.5) is 5.82 Å². The normalized spacial score (nSPS) is 17.8. The maximum atomic E-state index is 11.0. The Bertz CT molecular complexity index is 498. The van der Waals surface area contributed by atoms with Crippen LogP contribution < -0.4 is 4.90 Å². The summed E-state index contributed by atoms with van der Waals surface area (Å²) in [6, 6.07) is 3.21. The number of ether oxygens (including phenoxy) is 1. The molecule has 0 unspecified atom stereocenters. The molecule has 0 aromatic carbocycles. The largest absolute Gasteiger partial charge is 0.478 e. The number of anilines is 1. The molecule has 1 fully saturated rings. The minimum absolute atomic E-state index is 0.201. The first-order valence-electron chi connectivity index (χ1n) is 6.63. The summed E-state index contributed by atoms with van der Waals surface area (Å²) in [7, 11) is 1.84. The number of hydrogen-bond donors (Lipinski definition) is 2. The summed E-state index contributed by atoms with van der Waals surface area (Å²) >= 11 is 0. The van der Waals surface area contributed by atoms with Crippen LogP contribution in [0, 0.1) is 6.92 Å². The third-order valence-electron chi connectivity index (χ3n) is 3.65. The molecule has 0 aliphatic carbocycles. The highest BCUT2D eigenvalue weighted by Gasteiger charge is 2.31. The predicted octanol–water partition coefficient (Wildman–Crippen LogP) is 1.07. The molecule has 0 radical (unpaired) electrons. The molecule has 2 N–H and O–H groups in total. The summed E-state index contributed by atoms with van der Waals surface area (Å²) in [5, 5.41) is 19.5. The Morgan fingerprint density at radius 3 is 2.65 bits per heavy atom. The van der Waals surface area contributed by atoms with Gasteiger partial charge in [-0.2, -0.15) is 0 Å². The molecule has 6 nitrogen and oxygen atoms in total. The molecule has 2 rings (SSSR count). The van der Waals surface area contributed by atoms with Crippen LogP contribution >= 0.6 is 0 Å². The zero-order valence-corrected chi connectivity index (χ0v) is 11.8. The minimum Gasteiger partial charge on any atom is -0.478 e. The van der Waals surface area contributed by atoms with E-state index in [4.69, 9.17) is 9.84 Å². The van der Waals surface area contributed by atoms with E-state index in [1.807, 2.05) is 11.9 Å². The van der Waals surface area contributed by atoms with Crippen LogP contribution in [0.5, 0.6) is 0 Å². The third-order valence-corrected chi connectivity index (χ3v) is 3.65. The lowest BCUT2D eigenvalue weighted by Gasteiger charge is -2.35. The number of rotatable bonds is 4. The van der Waals surface area contributed by atoms with Gasteiger partial charge in [0.1, 0.15) is 5.82 Å². The fraction of sp³-hybridized carbons (Fsp3) is 0.571. The molecule has 1 aromatic heterocycles. The lowest BCUT2D eigenvalue weighted by molar-refractivity contribution is -0.0573. The molecule has 1 saturated heterocycles. The number of aryl methyl sites for hydroxylation is 1. The van der Waals surface area contributed by atoms with Gasteiger partial charge in [-0.3, -0.25) is 0 Å². The van der Waals surface area contributed by atoms with Gasteiger partial charge in [-0.15, -0.1) is 0 Å². The molecule has 6 heteroatoms. The Balaban J connectivity index is 2.11. The Morgan fingerprint density at radius 2 is 2.10 bits per heavy atom. The van der Waals surface area contributed by atoms with Gasteiger partial charge in [0.2, 0.25) is 0 Å². The van der Waals surface area contributed by atoms with E-state index in [0.717, 1.165) is 0 Å². The first kappa shape index (κ1) is 14.7. The second kappa shape index (κ2) is 5.76. The summed E-state index contributed by atoms with van der Waals surface area (Å²) in [5.74, 6) is -0.320. The van der Waals surface area contributed by atoms with Crippen molar-refractivity contribution in [3.8, 4) is 0 Å². The van der Waals surface area contributed by atoms with Gasteiger partial charge in [0.15, 0.2) is 0 Å². The van der Waals surface area contributed by atoms with Gasteiger partial charge in [-0.05, 0) is 19.1 Å². The topological polar surface area (TPSA) is 82.9 Å². The Labute approximate surface area is 118 Å². The summed E-state index contributed by atoms with van der Waals surface area (Å²) in [6.45, 7) is 3.25. The number of carbonyl (C=O) groups is 1. The molecule has 0 spiro atoms. The summed E-state index contributed by atoms with van der Waals surface area (Å²) in [4.78, 5) is 17.1. The van der Waals surface area contributed by atoms with Gasteiger partial charge in [0.25, 0.3) is 0 Å². The molecule has 1 aliphatic heterocycles. The van der Waals surface area contributed by atoms with E-state index in [0.29, 0.717) is 44.1 Å². The van der Waals surface area contributed by atoms with Crippen molar-refractivity contribution >= 4 is 11.8 Å². The first-order valence-corrected chi connectivity index (χ1v) is 6.63. The highest BCUT2D eigenvalue weighted by atomic mass is 16.5. The average Bonchev–Trinajstić information content (AvgIpc) is 2.38. The third kappa shape index (κ3) is 3.26. The summed E-state index contributed by atoms with van der Waals surface area (Å²) < 4.78 is 5.25. The Kier molecular flexibility index (Phi) is 4.25. The number of carboxylic acid groups (broad SMARTS) is 1. The summed E-state index contributed by atoms with van der Waals surface area (Å²) in [6.07, 6.45) is 1.20. The Hall–Kier alpha value is -1.66. The van der Waals surface area contributed by atoms with Crippen molar-refractivity contribution in [2.45, 2.75) is 25.4 Å². The second-order valence-corrected chi connectivity index (χ2v) is 5.30. The number of pyridine rings is 1. The van der Waals surface area contributed by atoms with Gasteiger partial charge in [0, 0.05) is 39.6 Å². The highest BCUT2D eigenvalue weighted by Crippen LogP contribution is 2.23. The molecule has 2 heterocycles. The number of carboxylic acids is 1. The number of aliphatic hydroxyl groups is 1. The molecule has 0 amide bonds. The molecule has 1 aliphatic rings. The molecule has 0 atom stereocenters. The Morgan fingerprint density at radius 1 is 1.45 bits per heavy atom. The van der Waals surface area contributed by atoms with E-state index in [2.05, 4.69) is 4.98 Å². The standard InChI is InChI=1S/C14H20N2O4/c1-10-11(13(17)18)3-4-12(15-10)16(2)9-14(19)5-7-20-8-6-14/h3-4,19H,5-9H2,1-2H3,(H,17,18). The van der Waals surface area contributed by atoms with Crippen LogP contribution in [0.3, 0.4) is 0 Å². The fourth-order valence-electron chi connectivity index (χ4n) is 2.42. The van der Waals surface area contributed by atoms with E-state index >= 15 is 0 Å². The van der Waals surface area contributed by atoms with Crippen molar-refractivity contribution in [3.63, 3.8) is 0 Å². The van der Waals surface area contributed by atoms with Crippen molar-refractivity contribution in [2.24, 2.45) is 0 Å². The van der Waals surface area contributed by atoms with E-state index < -0.39 is 11.6 Å². The molecule has 1 aromatic rings. The number of aromatic carboxylic acids is 1. The molecule has 20 heavy (non-hydrogen) atoms. The number of hydrogen-bond acceptors (Lipinski definition) is 5. The van der Waals surface area contributed by atoms with E-state index in [1.54, 1.807) is 19.1 Å². The lowest BCUT2D eigenvalue weighted by Crippen LogP contribution is -2.46. The van der Waals surface area contributed by atoms with E-state index in [9.17, 15) is 9.90 Å². The first-order chi connectivity index (χ1) is 9.41. The SMILES string of the molecule is Cc1nc(N(C)CC2(O)CCOCC2)ccc1C(=O)O. The second-order valence-electron chi connectivity index (χ2n) is 5.30. The van der Waals surface area contributed by atoms with Crippen molar-refractivity contribution in [1.29, 1.82) is 0 Å². The van der Waals surface area contributed by atoms with Crippen LogP contribution in [-0.4, -0.2) is 53.6 Å². The number of aromatic nitrogens is 1. The van der Waals surface area contributed by atoms with Crippen LogP contribution in [0.2, 0.25) is 0 Å². The van der Waals surface area contributed by atoms with Crippen molar-refractivity contribution < 1.29 is 19.7 Å². The molecular weight excluding hydrogens is 260 g/mol. The smallest absolute Gasteiger partial charge is 0.337 e. The van der Waals surface area contributed by atoms with Crippen molar-refractivity contribution in [2.75, 3.05) is 31.7 Å². The quantitative estimate of drug-likeness (QED) is 0.858. The summed E-state index contributed by atoms with van der Waals surface area (Å²) in [5.41, 5.74) is -0.0959. The maximum absolute atomic E-state index is 11.0. The zero-order chi connectivity index (χ0) is 14.8. The van der Waals surface area contributed by atoms with Crippen LogP contribution in [0.15, 0.2) is 12.1 Å². The van der Waals surface area contributed by atoms with Gasteiger partial charge in [-0.1, -0.05) is 0 Å². The van der Waals surface area contributed by atoms with Crippen LogP contribution in [-0.2, 0) is 4.74 Å². The van der Waals surface area contributed by atoms with Crippen molar-refractivity contribution in [1.82, 2.24) is 4.98 Å². The maximum Gasteiger partial charge on any atom is 0.337 e. The molecule has 0 saturated carbocycles. The highest BCUT2D eigenvalue weighted by molar-refractivity contribution is 5.89. The lowest BCUT2D eigenvalue weighted by atomic mass is 9.94. The number of nitrogens with zero attached hydrogens (tertiary/aromatic N) is 2. The molecule has 0 bridgehead atoms. The van der Waals surface area contributed by atoms with E-state index in [-0.39, 0.29) is 5.56 Å². The number of likely N-dealkylation sites (N-methyl/N-ethyl adjacent to an activating group) is 1. The predicted molar refractivity (Wildman–Crippen MR) is 74.2 cm³/mol. The van der Waals surface area contributed by atoms with E-state index in [1.165, 1.54) is 0 Å². The molecular formula is C14H20N2O4. The van der Waals surface area contributed by atoms with Crippen LogP contribution in [0.1, 0.15) is 28.9 Å². The average molecular weight is 280 g/mol. The molecule has 110 valence electrons. The van der Waals surface area contributed by atoms with Gasteiger partial charge < -0.3 is 19.8 Å². The van der Waals surface area contributed by atoms with Gasteiger partial charge >= 0.3 is 5.97 Å². The zero-order valence-electron chi connectivity index (χ0n) is 11.8. The van der Waals surface area contributed by atoms with Crippen LogP contribution in [0.25, 0.3) is 0 Å². The van der Waals surface area contributed by atoms with Gasteiger partial charge in [-0.25, -0.2) is 9.78 Å². The monoisotopic (exact) mass is 280 g/mol. The van der Waals surface area contributed by atoms with Gasteiger partial charge in [0.05, 0.1) is 16.9 Å². The van der Waals surface area contributed by atoms with Crippen molar-refractivity contribution in [3.05, 3.63) is 23.4 Å². The fourth-order valence-corrected chi connectivity index (χ4v) is 2.42.